The van der Waals surface area contributed by atoms with Gasteiger partial charge in [0.2, 0.25) is 0 Å². The molecule has 0 unspecified atom stereocenters. The zero-order valence-corrected chi connectivity index (χ0v) is 13.5. The molecule has 4 heteroatoms. The van der Waals surface area contributed by atoms with Crippen molar-refractivity contribution in [1.29, 1.82) is 0 Å². The third-order valence-electron chi connectivity index (χ3n) is 3.63. The Morgan fingerprint density at radius 3 is 2.67 bits per heavy atom. The van der Waals surface area contributed by atoms with Crippen LogP contribution in [0.3, 0.4) is 0 Å². The second kappa shape index (κ2) is 6.96. The first kappa shape index (κ1) is 14.4. The highest BCUT2D eigenvalue weighted by molar-refractivity contribution is 9.10. The molecule has 0 aromatic heterocycles. The lowest BCUT2D eigenvalue weighted by atomic mass is 10.2. The van der Waals surface area contributed by atoms with E-state index in [9.17, 15) is 0 Å². The Kier molecular flexibility index (Phi) is 4.78. The van der Waals surface area contributed by atoms with Crippen LogP contribution in [0.1, 0.15) is 5.56 Å². The molecule has 1 heterocycles. The van der Waals surface area contributed by atoms with E-state index in [1.165, 1.54) is 16.9 Å². The van der Waals surface area contributed by atoms with Gasteiger partial charge in [0.15, 0.2) is 0 Å². The summed E-state index contributed by atoms with van der Waals surface area (Å²) in [5, 5.41) is 3.55. The Bertz CT molecular complexity index is 597. The molecule has 110 valence electrons. The zero-order valence-electron chi connectivity index (χ0n) is 11.9. The van der Waals surface area contributed by atoms with E-state index in [2.05, 4.69) is 68.6 Å². The lowest BCUT2D eigenvalue weighted by molar-refractivity contribution is 0.123. The number of morpholine rings is 1. The van der Waals surface area contributed by atoms with E-state index in [-0.39, 0.29) is 0 Å². The molecule has 0 aliphatic carbocycles. The van der Waals surface area contributed by atoms with Gasteiger partial charge in [-0.2, -0.15) is 0 Å². The maximum atomic E-state index is 5.44. The number of halogens is 1. The highest BCUT2D eigenvalue weighted by atomic mass is 79.9. The van der Waals surface area contributed by atoms with E-state index in [0.29, 0.717) is 0 Å². The molecule has 0 bridgehead atoms. The summed E-state index contributed by atoms with van der Waals surface area (Å²) < 4.78 is 6.55. The number of hydrogen-bond donors (Lipinski definition) is 1. The van der Waals surface area contributed by atoms with Crippen molar-refractivity contribution in [3.8, 4) is 0 Å². The average molecular weight is 347 g/mol. The minimum Gasteiger partial charge on any atom is -0.379 e. The molecule has 3 rings (SSSR count). The van der Waals surface area contributed by atoms with Gasteiger partial charge >= 0.3 is 0 Å². The van der Waals surface area contributed by atoms with Gasteiger partial charge in [0.25, 0.3) is 0 Å². The van der Waals surface area contributed by atoms with Crippen molar-refractivity contribution in [3.05, 3.63) is 58.6 Å². The van der Waals surface area contributed by atoms with Gasteiger partial charge in [-0.25, -0.2) is 0 Å². The molecule has 2 aromatic rings. The summed E-state index contributed by atoms with van der Waals surface area (Å²) in [5.74, 6) is 0. The van der Waals surface area contributed by atoms with Gasteiger partial charge in [-0.1, -0.05) is 40.2 Å². The van der Waals surface area contributed by atoms with Crippen LogP contribution >= 0.6 is 15.9 Å². The number of nitrogens with zero attached hydrogens (tertiary/aromatic N) is 1. The molecular formula is C17H19BrN2O. The van der Waals surface area contributed by atoms with E-state index >= 15 is 0 Å². The van der Waals surface area contributed by atoms with Crippen LogP contribution in [0.25, 0.3) is 0 Å². The zero-order chi connectivity index (χ0) is 14.5. The van der Waals surface area contributed by atoms with Crippen LogP contribution in [-0.2, 0) is 11.3 Å². The first-order valence-corrected chi connectivity index (χ1v) is 8.02. The van der Waals surface area contributed by atoms with Crippen molar-refractivity contribution < 1.29 is 4.74 Å². The average Bonchev–Trinajstić information content (AvgIpc) is 2.54. The van der Waals surface area contributed by atoms with E-state index in [1.807, 2.05) is 6.07 Å². The second-order valence-corrected chi connectivity index (χ2v) is 6.02. The predicted octanol–water partition coefficient (Wildman–Crippen LogP) is 3.90. The van der Waals surface area contributed by atoms with Gasteiger partial charge in [0, 0.05) is 24.1 Å². The molecule has 2 aromatic carbocycles. The predicted molar refractivity (Wildman–Crippen MR) is 90.9 cm³/mol. The van der Waals surface area contributed by atoms with Crippen LogP contribution < -0.4 is 10.2 Å². The van der Waals surface area contributed by atoms with Crippen LogP contribution in [0.4, 0.5) is 11.4 Å². The molecule has 1 aliphatic rings. The van der Waals surface area contributed by atoms with Gasteiger partial charge < -0.3 is 15.0 Å². The van der Waals surface area contributed by atoms with Gasteiger partial charge in [-0.3, -0.25) is 0 Å². The van der Waals surface area contributed by atoms with Crippen LogP contribution in [0.15, 0.2) is 53.0 Å². The summed E-state index contributed by atoms with van der Waals surface area (Å²) in [7, 11) is 0. The first-order valence-electron chi connectivity index (χ1n) is 7.23. The summed E-state index contributed by atoms with van der Waals surface area (Å²) in [6, 6.07) is 16.9. The molecule has 0 amide bonds. The maximum Gasteiger partial charge on any atom is 0.0642 e. The topological polar surface area (TPSA) is 24.5 Å². The molecule has 1 saturated heterocycles. The fourth-order valence-corrected chi connectivity index (χ4v) is 2.99. The lowest BCUT2D eigenvalue weighted by Crippen LogP contribution is -2.36. The molecular weight excluding hydrogens is 328 g/mol. The normalized spacial score (nSPS) is 15.0. The molecule has 0 saturated carbocycles. The standard InChI is InChI=1S/C17H19BrN2O/c18-15-5-3-4-14(12-15)13-19-16-6-1-2-7-17(16)20-8-10-21-11-9-20/h1-7,12,19H,8-11,13H2. The van der Waals surface area contributed by atoms with Crippen LogP contribution in [0.5, 0.6) is 0 Å². The SMILES string of the molecule is Brc1cccc(CNc2ccccc2N2CCOCC2)c1. The Morgan fingerprint density at radius 1 is 1.05 bits per heavy atom. The Labute approximate surface area is 134 Å². The monoisotopic (exact) mass is 346 g/mol. The van der Waals surface area contributed by atoms with Crippen molar-refractivity contribution >= 4 is 27.3 Å². The number of anilines is 2. The number of ether oxygens (including phenoxy) is 1. The first-order chi connectivity index (χ1) is 10.3. The van der Waals surface area contributed by atoms with Crippen molar-refractivity contribution in [2.45, 2.75) is 6.54 Å². The van der Waals surface area contributed by atoms with Gasteiger partial charge in [-0.05, 0) is 29.8 Å². The highest BCUT2D eigenvalue weighted by Gasteiger charge is 2.14. The summed E-state index contributed by atoms with van der Waals surface area (Å²) in [6.07, 6.45) is 0. The lowest BCUT2D eigenvalue weighted by Gasteiger charge is -2.30. The van der Waals surface area contributed by atoms with Crippen molar-refractivity contribution in [3.63, 3.8) is 0 Å². The minimum absolute atomic E-state index is 0.806. The minimum atomic E-state index is 0.806. The number of rotatable bonds is 4. The van der Waals surface area contributed by atoms with E-state index in [1.54, 1.807) is 0 Å². The summed E-state index contributed by atoms with van der Waals surface area (Å²) >= 11 is 3.52. The van der Waals surface area contributed by atoms with Crippen LogP contribution in [-0.4, -0.2) is 26.3 Å². The number of para-hydroxylation sites is 2. The summed E-state index contributed by atoms with van der Waals surface area (Å²) in [6.45, 7) is 4.34. The fourth-order valence-electron chi connectivity index (χ4n) is 2.55. The summed E-state index contributed by atoms with van der Waals surface area (Å²) in [4.78, 5) is 2.38. The molecule has 1 fully saturated rings. The summed E-state index contributed by atoms with van der Waals surface area (Å²) in [5.41, 5.74) is 3.70. The second-order valence-electron chi connectivity index (χ2n) is 5.10. The van der Waals surface area contributed by atoms with E-state index in [0.717, 1.165) is 37.3 Å². The quantitative estimate of drug-likeness (QED) is 0.908. The largest absolute Gasteiger partial charge is 0.379 e. The molecule has 0 atom stereocenters. The van der Waals surface area contributed by atoms with Crippen molar-refractivity contribution in [2.24, 2.45) is 0 Å². The van der Waals surface area contributed by atoms with Gasteiger partial charge in [0.05, 0.1) is 24.6 Å². The van der Waals surface area contributed by atoms with Crippen molar-refractivity contribution in [1.82, 2.24) is 0 Å². The number of benzene rings is 2. The van der Waals surface area contributed by atoms with Crippen LogP contribution in [0, 0.1) is 0 Å². The Morgan fingerprint density at radius 2 is 1.86 bits per heavy atom. The Balaban J connectivity index is 1.73. The fraction of sp³-hybridized carbons (Fsp3) is 0.294. The van der Waals surface area contributed by atoms with Gasteiger partial charge in [0.1, 0.15) is 0 Å². The van der Waals surface area contributed by atoms with E-state index < -0.39 is 0 Å². The number of hydrogen-bond acceptors (Lipinski definition) is 3. The van der Waals surface area contributed by atoms with E-state index in [4.69, 9.17) is 4.74 Å². The Hall–Kier alpha value is -1.52. The van der Waals surface area contributed by atoms with Crippen LogP contribution in [0.2, 0.25) is 0 Å². The molecule has 21 heavy (non-hydrogen) atoms. The number of nitrogens with one attached hydrogen (secondary N) is 1. The molecule has 3 nitrogen and oxygen atoms in total. The third kappa shape index (κ3) is 3.77. The molecule has 0 radical (unpaired) electrons. The maximum absolute atomic E-state index is 5.44. The van der Waals surface area contributed by atoms with Gasteiger partial charge in [-0.15, -0.1) is 0 Å². The molecule has 1 N–H and O–H groups in total. The highest BCUT2D eigenvalue weighted by Crippen LogP contribution is 2.27. The molecule has 0 spiro atoms. The van der Waals surface area contributed by atoms with Crippen molar-refractivity contribution in [2.75, 3.05) is 36.5 Å². The molecule has 1 aliphatic heterocycles. The third-order valence-corrected chi connectivity index (χ3v) is 4.12. The smallest absolute Gasteiger partial charge is 0.0642 e.